The Hall–Kier alpha value is -1.86. The van der Waals surface area contributed by atoms with Gasteiger partial charge < -0.3 is 0 Å². The highest BCUT2D eigenvalue weighted by Gasteiger charge is 2.12. The molecule has 0 N–H and O–H groups in total. The standard InChI is InChI=1S/C12H17N3O3/c1-2-3-4-11(7-13-8-16)5-6-12(14-9-17)15-10-18/h11-12H,2-7H2,1H3. The zero-order chi connectivity index (χ0) is 13.6. The number of nitrogens with zero attached hydrogens (tertiary/aromatic N) is 3. The summed E-state index contributed by atoms with van der Waals surface area (Å²) in [5.41, 5.74) is 0. The van der Waals surface area contributed by atoms with Gasteiger partial charge in [-0.1, -0.05) is 19.8 Å². The van der Waals surface area contributed by atoms with Crippen molar-refractivity contribution in [2.45, 2.75) is 45.2 Å². The molecule has 0 spiro atoms. The largest absolute Gasteiger partial charge is 0.237 e. The molecule has 0 saturated heterocycles. The minimum atomic E-state index is -0.718. The molecule has 0 rings (SSSR count). The van der Waals surface area contributed by atoms with Crippen molar-refractivity contribution in [3.8, 4) is 0 Å². The van der Waals surface area contributed by atoms with Crippen LogP contribution in [-0.2, 0) is 14.4 Å². The molecule has 0 fully saturated rings. The van der Waals surface area contributed by atoms with Crippen molar-refractivity contribution in [2.75, 3.05) is 6.54 Å². The van der Waals surface area contributed by atoms with Crippen LogP contribution in [0, 0.1) is 5.92 Å². The second-order valence-electron chi connectivity index (χ2n) is 3.94. The van der Waals surface area contributed by atoms with E-state index >= 15 is 0 Å². The van der Waals surface area contributed by atoms with Crippen LogP contribution in [0.4, 0.5) is 0 Å². The van der Waals surface area contributed by atoms with E-state index in [1.807, 2.05) is 0 Å². The van der Waals surface area contributed by atoms with E-state index in [9.17, 15) is 14.4 Å². The molecule has 0 aromatic heterocycles. The lowest BCUT2D eigenvalue weighted by Gasteiger charge is -2.13. The lowest BCUT2D eigenvalue weighted by atomic mass is 9.96. The van der Waals surface area contributed by atoms with Gasteiger partial charge in [0.2, 0.25) is 18.2 Å². The van der Waals surface area contributed by atoms with Gasteiger partial charge in [0.25, 0.3) is 0 Å². The molecule has 6 heteroatoms. The van der Waals surface area contributed by atoms with E-state index in [1.165, 1.54) is 18.2 Å². The van der Waals surface area contributed by atoms with E-state index in [-0.39, 0.29) is 5.92 Å². The van der Waals surface area contributed by atoms with Crippen LogP contribution >= 0.6 is 0 Å². The van der Waals surface area contributed by atoms with Gasteiger partial charge in [-0.2, -0.15) is 9.98 Å². The molecule has 0 bridgehead atoms. The van der Waals surface area contributed by atoms with Gasteiger partial charge in [-0.3, -0.25) is 0 Å². The normalized spacial score (nSPS) is 12.5. The Bertz CT molecular complexity index is 347. The third-order valence-corrected chi connectivity index (χ3v) is 2.62. The maximum Gasteiger partial charge on any atom is 0.237 e. The molecular weight excluding hydrogens is 234 g/mol. The summed E-state index contributed by atoms with van der Waals surface area (Å²) in [6, 6.07) is 0. The van der Waals surface area contributed by atoms with Crippen molar-refractivity contribution in [3.63, 3.8) is 0 Å². The number of hydrogen-bond donors (Lipinski definition) is 0. The number of aliphatic imine (C=N–C) groups is 3. The molecule has 0 amide bonds. The van der Waals surface area contributed by atoms with Crippen LogP contribution < -0.4 is 0 Å². The van der Waals surface area contributed by atoms with E-state index in [1.54, 1.807) is 0 Å². The van der Waals surface area contributed by atoms with Gasteiger partial charge >= 0.3 is 0 Å². The van der Waals surface area contributed by atoms with Gasteiger partial charge in [-0.05, 0) is 25.2 Å². The van der Waals surface area contributed by atoms with E-state index < -0.39 is 6.17 Å². The van der Waals surface area contributed by atoms with Crippen molar-refractivity contribution in [1.29, 1.82) is 0 Å². The van der Waals surface area contributed by atoms with Gasteiger partial charge in [-0.25, -0.2) is 19.4 Å². The summed E-state index contributed by atoms with van der Waals surface area (Å²) in [7, 11) is 0. The van der Waals surface area contributed by atoms with Crippen molar-refractivity contribution >= 4 is 18.2 Å². The Kier molecular flexibility index (Phi) is 10.4. The average Bonchev–Trinajstić information content (AvgIpc) is 2.38. The minimum Gasteiger partial charge on any atom is -0.211 e. The molecule has 6 nitrogen and oxygen atoms in total. The maximum atomic E-state index is 10.1. The van der Waals surface area contributed by atoms with Gasteiger partial charge in [-0.15, -0.1) is 0 Å². The lowest BCUT2D eigenvalue weighted by molar-refractivity contribution is 0.411. The minimum absolute atomic E-state index is 0.220. The summed E-state index contributed by atoms with van der Waals surface area (Å²) in [6.45, 7) is 2.49. The zero-order valence-electron chi connectivity index (χ0n) is 10.5. The SMILES string of the molecule is CCCCC(CCC(N=C=O)N=C=O)CN=C=O. The van der Waals surface area contributed by atoms with Crippen LogP contribution in [0.25, 0.3) is 0 Å². The van der Waals surface area contributed by atoms with Crippen molar-refractivity contribution in [3.05, 3.63) is 0 Å². The molecule has 18 heavy (non-hydrogen) atoms. The third-order valence-electron chi connectivity index (χ3n) is 2.62. The predicted molar refractivity (Wildman–Crippen MR) is 65.3 cm³/mol. The maximum absolute atomic E-state index is 10.1. The number of unbranched alkanes of at least 4 members (excludes halogenated alkanes) is 1. The van der Waals surface area contributed by atoms with Crippen LogP contribution in [0.5, 0.6) is 0 Å². The molecule has 0 radical (unpaired) electrons. The average molecular weight is 251 g/mol. The first-order valence-corrected chi connectivity index (χ1v) is 5.96. The Morgan fingerprint density at radius 3 is 2.11 bits per heavy atom. The van der Waals surface area contributed by atoms with E-state index in [4.69, 9.17) is 0 Å². The summed E-state index contributed by atoms with van der Waals surface area (Å²) < 4.78 is 0. The summed E-state index contributed by atoms with van der Waals surface area (Å²) in [5.74, 6) is 0.220. The summed E-state index contributed by atoms with van der Waals surface area (Å²) >= 11 is 0. The Morgan fingerprint density at radius 2 is 1.61 bits per heavy atom. The Labute approximate surface area is 106 Å². The molecule has 0 aromatic carbocycles. The number of rotatable bonds is 10. The molecule has 1 atom stereocenters. The van der Waals surface area contributed by atoms with E-state index in [2.05, 4.69) is 21.9 Å². The molecule has 0 saturated carbocycles. The number of hydrogen-bond acceptors (Lipinski definition) is 6. The highest BCUT2D eigenvalue weighted by Crippen LogP contribution is 2.17. The highest BCUT2D eigenvalue weighted by atomic mass is 16.1. The first kappa shape index (κ1) is 16.1. The highest BCUT2D eigenvalue weighted by molar-refractivity contribution is 5.36. The fourth-order valence-electron chi connectivity index (χ4n) is 1.65. The van der Waals surface area contributed by atoms with Crippen LogP contribution in [0.2, 0.25) is 0 Å². The smallest absolute Gasteiger partial charge is 0.211 e. The van der Waals surface area contributed by atoms with Gasteiger partial charge in [0, 0.05) is 0 Å². The molecule has 0 aromatic rings. The second-order valence-corrected chi connectivity index (χ2v) is 3.94. The van der Waals surface area contributed by atoms with E-state index in [0.717, 1.165) is 19.3 Å². The summed E-state index contributed by atoms with van der Waals surface area (Å²) in [4.78, 5) is 40.7. The fourth-order valence-corrected chi connectivity index (χ4v) is 1.65. The predicted octanol–water partition coefficient (Wildman–Crippen LogP) is 1.91. The Morgan fingerprint density at radius 1 is 0.944 bits per heavy atom. The van der Waals surface area contributed by atoms with Gasteiger partial charge in [0.15, 0.2) is 6.17 Å². The molecule has 98 valence electrons. The molecule has 0 aliphatic heterocycles. The van der Waals surface area contributed by atoms with Crippen LogP contribution in [0.15, 0.2) is 15.0 Å². The van der Waals surface area contributed by atoms with E-state index in [0.29, 0.717) is 19.4 Å². The molecule has 0 aliphatic carbocycles. The number of carbonyl (C=O) groups excluding carboxylic acids is 3. The van der Waals surface area contributed by atoms with Gasteiger partial charge in [0.1, 0.15) is 0 Å². The molecule has 0 aliphatic rings. The molecular formula is C12H17N3O3. The molecule has 1 unspecified atom stereocenters. The quantitative estimate of drug-likeness (QED) is 0.438. The first-order valence-electron chi connectivity index (χ1n) is 5.96. The van der Waals surface area contributed by atoms with Crippen molar-refractivity contribution < 1.29 is 14.4 Å². The first-order chi connectivity index (χ1) is 8.78. The van der Waals surface area contributed by atoms with Crippen LogP contribution in [0.3, 0.4) is 0 Å². The van der Waals surface area contributed by atoms with Crippen molar-refractivity contribution in [2.24, 2.45) is 20.9 Å². The topological polar surface area (TPSA) is 88.3 Å². The lowest BCUT2D eigenvalue weighted by Crippen LogP contribution is -2.09. The fraction of sp³-hybridized carbons (Fsp3) is 0.750. The van der Waals surface area contributed by atoms with Crippen LogP contribution in [0.1, 0.15) is 39.0 Å². The summed E-state index contributed by atoms with van der Waals surface area (Å²) in [6.07, 6.45) is 7.73. The molecule has 0 heterocycles. The summed E-state index contributed by atoms with van der Waals surface area (Å²) in [5, 5.41) is 0. The third kappa shape index (κ3) is 8.31. The zero-order valence-corrected chi connectivity index (χ0v) is 10.5. The van der Waals surface area contributed by atoms with Crippen LogP contribution in [-0.4, -0.2) is 31.0 Å². The Balaban J connectivity index is 4.31. The van der Waals surface area contributed by atoms with Gasteiger partial charge in [0.05, 0.1) is 6.54 Å². The second kappa shape index (κ2) is 11.6. The number of isocyanates is 3. The monoisotopic (exact) mass is 251 g/mol. The van der Waals surface area contributed by atoms with Crippen molar-refractivity contribution in [1.82, 2.24) is 0 Å².